The topological polar surface area (TPSA) is 33.3 Å². The Morgan fingerprint density at radius 2 is 2.09 bits per heavy atom. The number of hydrogen-bond acceptors (Lipinski definition) is 4. The fourth-order valence-electron chi connectivity index (χ4n) is 3.13. The third-order valence-electron chi connectivity index (χ3n) is 4.36. The van der Waals surface area contributed by atoms with Crippen molar-refractivity contribution in [3.8, 4) is 0 Å². The summed E-state index contributed by atoms with van der Waals surface area (Å²) in [5, 5.41) is 6.82. The number of hydrogen-bond donors (Lipinski definition) is 2. The molecule has 1 unspecified atom stereocenters. The molecule has 0 saturated heterocycles. The van der Waals surface area contributed by atoms with E-state index < -0.39 is 0 Å². The Morgan fingerprint density at radius 1 is 1.22 bits per heavy atom. The molecule has 3 heterocycles. The Kier molecular flexibility index (Phi) is 4.02. The van der Waals surface area contributed by atoms with Gasteiger partial charge >= 0.3 is 0 Å². The molecule has 4 rings (SSSR count). The van der Waals surface area contributed by atoms with E-state index in [2.05, 4.69) is 59.4 Å². The summed E-state index contributed by atoms with van der Waals surface area (Å²) in [7, 11) is 0. The van der Waals surface area contributed by atoms with Crippen molar-refractivity contribution in [1.82, 2.24) is 10.6 Å². The summed E-state index contributed by atoms with van der Waals surface area (Å²) < 4.78 is 6.24. The van der Waals surface area contributed by atoms with Crippen LogP contribution in [-0.4, -0.2) is 25.4 Å². The minimum Gasteiger partial charge on any atom is -0.458 e. The van der Waals surface area contributed by atoms with Crippen molar-refractivity contribution in [3.05, 3.63) is 71.2 Å². The van der Waals surface area contributed by atoms with Gasteiger partial charge in [0.05, 0.1) is 0 Å². The number of nitrogens with one attached hydrogen (secondary N) is 2. The van der Waals surface area contributed by atoms with E-state index in [1.807, 2.05) is 6.20 Å². The highest BCUT2D eigenvalue weighted by atomic mass is 32.2. The maximum Gasteiger partial charge on any atom is 0.138 e. The highest BCUT2D eigenvalue weighted by molar-refractivity contribution is 7.98. The Morgan fingerprint density at radius 3 is 2.83 bits per heavy atom. The summed E-state index contributed by atoms with van der Waals surface area (Å²) in [5.41, 5.74) is 3.68. The van der Waals surface area contributed by atoms with E-state index in [-0.39, 0.29) is 6.04 Å². The van der Waals surface area contributed by atoms with Crippen LogP contribution < -0.4 is 10.6 Å². The molecule has 118 valence electrons. The summed E-state index contributed by atoms with van der Waals surface area (Å²) in [6.45, 7) is 1.97. The Bertz CT molecular complexity index is 728. The summed E-state index contributed by atoms with van der Waals surface area (Å²) in [5.74, 6) is 1.96. The molecule has 0 aliphatic carbocycles. The minimum absolute atomic E-state index is 0.132. The molecule has 1 aromatic rings. The van der Waals surface area contributed by atoms with Crippen LogP contribution in [0.4, 0.5) is 0 Å². The van der Waals surface area contributed by atoms with E-state index in [0.717, 1.165) is 36.6 Å². The van der Waals surface area contributed by atoms with Gasteiger partial charge < -0.3 is 15.4 Å². The normalized spacial score (nSPS) is 22.9. The van der Waals surface area contributed by atoms with Crippen molar-refractivity contribution in [2.75, 3.05) is 19.3 Å². The molecule has 3 nitrogen and oxygen atoms in total. The number of benzene rings is 1. The molecule has 4 heteroatoms. The van der Waals surface area contributed by atoms with Crippen LogP contribution in [0.25, 0.3) is 5.76 Å². The maximum atomic E-state index is 6.24. The molecule has 1 aromatic carbocycles. The first-order valence-electron chi connectivity index (χ1n) is 7.96. The zero-order valence-corrected chi connectivity index (χ0v) is 14.0. The summed E-state index contributed by atoms with van der Waals surface area (Å²) in [6.07, 6.45) is 11.8. The fraction of sp³-hybridized carbons (Fsp3) is 0.263. The van der Waals surface area contributed by atoms with E-state index in [1.54, 1.807) is 11.8 Å². The highest BCUT2D eigenvalue weighted by Crippen LogP contribution is 2.35. The number of dihydropyridines is 1. The van der Waals surface area contributed by atoms with Gasteiger partial charge in [-0.2, -0.15) is 0 Å². The number of ether oxygens (including phenoxy) is 1. The molecule has 0 radical (unpaired) electrons. The Hall–Kier alpha value is -1.91. The molecule has 0 fully saturated rings. The zero-order valence-electron chi connectivity index (χ0n) is 13.1. The monoisotopic (exact) mass is 324 g/mol. The predicted molar refractivity (Wildman–Crippen MR) is 95.9 cm³/mol. The van der Waals surface area contributed by atoms with Crippen molar-refractivity contribution in [2.45, 2.75) is 17.4 Å². The second-order valence-electron chi connectivity index (χ2n) is 5.81. The molecule has 3 aliphatic rings. The van der Waals surface area contributed by atoms with Crippen LogP contribution in [0.5, 0.6) is 0 Å². The lowest BCUT2D eigenvalue weighted by molar-refractivity contribution is 0.371. The minimum atomic E-state index is 0.132. The smallest absolute Gasteiger partial charge is 0.138 e. The van der Waals surface area contributed by atoms with Gasteiger partial charge in [0.2, 0.25) is 0 Å². The van der Waals surface area contributed by atoms with Gasteiger partial charge in [-0.15, -0.1) is 11.8 Å². The van der Waals surface area contributed by atoms with Gasteiger partial charge in [0, 0.05) is 22.6 Å². The van der Waals surface area contributed by atoms with Gasteiger partial charge in [0.1, 0.15) is 17.6 Å². The molecule has 1 atom stereocenters. The average Bonchev–Trinajstić information content (AvgIpc) is 3.06. The van der Waals surface area contributed by atoms with Crippen molar-refractivity contribution >= 4 is 17.5 Å². The number of rotatable bonds is 3. The number of thioether (sulfide) groups is 1. The molecule has 2 N–H and O–H groups in total. The van der Waals surface area contributed by atoms with E-state index in [0.29, 0.717) is 0 Å². The van der Waals surface area contributed by atoms with Crippen LogP contribution in [0, 0.1) is 0 Å². The number of fused-ring (bicyclic) bond motifs is 1. The second-order valence-corrected chi connectivity index (χ2v) is 6.69. The van der Waals surface area contributed by atoms with E-state index in [1.165, 1.54) is 16.0 Å². The lowest BCUT2D eigenvalue weighted by atomic mass is 9.97. The van der Waals surface area contributed by atoms with Gasteiger partial charge in [-0.05, 0) is 55.3 Å². The standard InChI is InChI=1S/C19H20N2OS/c1-23-15-6-4-13(5-7-15)18-11-17-19(22-18)16(8-10-21-17)14-3-2-9-20-12-14/h3-8,10-11,17,20-21H,2,9,12H2,1H3. The van der Waals surface area contributed by atoms with Crippen LogP contribution in [-0.2, 0) is 4.74 Å². The van der Waals surface area contributed by atoms with Crippen molar-refractivity contribution in [2.24, 2.45) is 0 Å². The molecular weight excluding hydrogens is 304 g/mol. The molecule has 0 spiro atoms. The molecule has 0 bridgehead atoms. The zero-order chi connectivity index (χ0) is 15.6. The van der Waals surface area contributed by atoms with Gasteiger partial charge in [-0.25, -0.2) is 0 Å². The third-order valence-corrected chi connectivity index (χ3v) is 5.10. The lowest BCUT2D eigenvalue weighted by Gasteiger charge is -2.23. The SMILES string of the molecule is CSc1ccc(C2=CC3NC=CC(C4=CCCNC4)=C3O2)cc1. The number of allylic oxidation sites excluding steroid dienone is 1. The predicted octanol–water partition coefficient (Wildman–Crippen LogP) is 3.44. The molecule has 0 amide bonds. The first kappa shape index (κ1) is 14.7. The van der Waals surface area contributed by atoms with Gasteiger partial charge in [-0.3, -0.25) is 0 Å². The average molecular weight is 324 g/mol. The second kappa shape index (κ2) is 6.30. The molecule has 0 aromatic heterocycles. The quantitative estimate of drug-likeness (QED) is 0.835. The largest absolute Gasteiger partial charge is 0.458 e. The van der Waals surface area contributed by atoms with Crippen LogP contribution >= 0.6 is 11.8 Å². The third kappa shape index (κ3) is 2.84. The van der Waals surface area contributed by atoms with Gasteiger partial charge in [-0.1, -0.05) is 18.2 Å². The van der Waals surface area contributed by atoms with Crippen molar-refractivity contribution in [1.29, 1.82) is 0 Å². The fourth-order valence-corrected chi connectivity index (χ4v) is 3.54. The maximum absolute atomic E-state index is 6.24. The van der Waals surface area contributed by atoms with E-state index in [9.17, 15) is 0 Å². The Labute approximate surface area is 141 Å². The van der Waals surface area contributed by atoms with E-state index >= 15 is 0 Å². The highest BCUT2D eigenvalue weighted by Gasteiger charge is 2.29. The summed E-state index contributed by atoms with van der Waals surface area (Å²) in [6, 6.07) is 8.67. The van der Waals surface area contributed by atoms with Crippen LogP contribution in [0.15, 0.2) is 70.5 Å². The Balaban J connectivity index is 1.63. The molecular formula is C19H20N2OS. The molecule has 23 heavy (non-hydrogen) atoms. The molecule has 0 saturated carbocycles. The first-order chi connectivity index (χ1) is 11.3. The van der Waals surface area contributed by atoms with Crippen LogP contribution in [0.1, 0.15) is 12.0 Å². The van der Waals surface area contributed by atoms with Crippen molar-refractivity contribution in [3.63, 3.8) is 0 Å². The van der Waals surface area contributed by atoms with E-state index in [4.69, 9.17) is 4.74 Å². The summed E-state index contributed by atoms with van der Waals surface area (Å²) in [4.78, 5) is 1.27. The van der Waals surface area contributed by atoms with Crippen molar-refractivity contribution < 1.29 is 4.74 Å². The van der Waals surface area contributed by atoms with Gasteiger partial charge in [0.15, 0.2) is 0 Å². The van der Waals surface area contributed by atoms with Crippen LogP contribution in [0.2, 0.25) is 0 Å². The van der Waals surface area contributed by atoms with Gasteiger partial charge in [0.25, 0.3) is 0 Å². The summed E-state index contributed by atoms with van der Waals surface area (Å²) >= 11 is 1.75. The molecule has 3 aliphatic heterocycles. The lowest BCUT2D eigenvalue weighted by Crippen LogP contribution is -2.29. The van der Waals surface area contributed by atoms with Crippen LogP contribution in [0.3, 0.4) is 0 Å². The first-order valence-corrected chi connectivity index (χ1v) is 9.18.